The van der Waals surface area contributed by atoms with Crippen LogP contribution in [0.1, 0.15) is 12.0 Å². The highest BCUT2D eigenvalue weighted by molar-refractivity contribution is 5.42. The first kappa shape index (κ1) is 13.8. The first-order valence-electron chi connectivity index (χ1n) is 7.53. The van der Waals surface area contributed by atoms with Gasteiger partial charge in [0.25, 0.3) is 0 Å². The Bertz CT molecular complexity index is 434. The van der Waals surface area contributed by atoms with Gasteiger partial charge in [0, 0.05) is 45.0 Å². The van der Waals surface area contributed by atoms with Crippen molar-refractivity contribution in [2.75, 3.05) is 51.3 Å². The smallest absolute Gasteiger partial charge is 0.128 e. The van der Waals surface area contributed by atoms with Crippen molar-refractivity contribution in [3.05, 3.63) is 23.9 Å². The first-order valence-corrected chi connectivity index (χ1v) is 7.53. The summed E-state index contributed by atoms with van der Waals surface area (Å²) in [6, 6.07) is 4.95. The zero-order valence-corrected chi connectivity index (χ0v) is 12.2. The van der Waals surface area contributed by atoms with Crippen molar-refractivity contribution < 1.29 is 4.74 Å². The van der Waals surface area contributed by atoms with Crippen LogP contribution in [-0.2, 0) is 11.3 Å². The molecule has 0 radical (unpaired) electrons. The van der Waals surface area contributed by atoms with Gasteiger partial charge in [0.1, 0.15) is 5.82 Å². The standard InChI is InChI=1S/C15H24N4O/c1-16-11-13-2-4-17-15(10-13)19-5-3-14(12-19)18-6-8-20-9-7-18/h2,4,10,14,16H,3,5-9,11-12H2,1H3. The number of nitrogens with one attached hydrogen (secondary N) is 1. The third-order valence-corrected chi connectivity index (χ3v) is 4.24. The van der Waals surface area contributed by atoms with Crippen LogP contribution in [0.15, 0.2) is 18.3 Å². The maximum atomic E-state index is 5.44. The molecule has 0 aliphatic carbocycles. The zero-order chi connectivity index (χ0) is 13.8. The van der Waals surface area contributed by atoms with Gasteiger partial charge in [-0.05, 0) is 31.2 Å². The highest BCUT2D eigenvalue weighted by Gasteiger charge is 2.29. The van der Waals surface area contributed by atoms with Crippen molar-refractivity contribution in [3.8, 4) is 0 Å². The Labute approximate surface area is 120 Å². The van der Waals surface area contributed by atoms with E-state index < -0.39 is 0 Å². The number of nitrogens with zero attached hydrogens (tertiary/aromatic N) is 3. The molecule has 2 saturated heterocycles. The van der Waals surface area contributed by atoms with Crippen LogP contribution in [0.5, 0.6) is 0 Å². The highest BCUT2D eigenvalue weighted by atomic mass is 16.5. The molecule has 1 N–H and O–H groups in total. The summed E-state index contributed by atoms with van der Waals surface area (Å²) >= 11 is 0. The van der Waals surface area contributed by atoms with Gasteiger partial charge in [0.05, 0.1) is 13.2 Å². The van der Waals surface area contributed by atoms with E-state index in [-0.39, 0.29) is 0 Å². The quantitative estimate of drug-likeness (QED) is 0.877. The monoisotopic (exact) mass is 276 g/mol. The van der Waals surface area contributed by atoms with Gasteiger partial charge in [-0.3, -0.25) is 4.90 Å². The van der Waals surface area contributed by atoms with E-state index in [4.69, 9.17) is 4.74 Å². The number of aromatic nitrogens is 1. The van der Waals surface area contributed by atoms with Gasteiger partial charge in [-0.25, -0.2) is 4.98 Å². The van der Waals surface area contributed by atoms with Gasteiger partial charge in [-0.1, -0.05) is 0 Å². The molecule has 5 heteroatoms. The molecule has 0 bridgehead atoms. The summed E-state index contributed by atoms with van der Waals surface area (Å²) in [4.78, 5) is 9.52. The van der Waals surface area contributed by atoms with Crippen LogP contribution in [0, 0.1) is 0 Å². The Morgan fingerprint density at radius 1 is 1.35 bits per heavy atom. The molecule has 1 aromatic rings. The molecule has 110 valence electrons. The van der Waals surface area contributed by atoms with E-state index in [1.165, 1.54) is 12.0 Å². The molecule has 0 saturated carbocycles. The molecule has 0 spiro atoms. The lowest BCUT2D eigenvalue weighted by Crippen LogP contribution is -2.44. The highest BCUT2D eigenvalue weighted by Crippen LogP contribution is 2.22. The van der Waals surface area contributed by atoms with Crippen LogP contribution < -0.4 is 10.2 Å². The van der Waals surface area contributed by atoms with Gasteiger partial charge in [-0.2, -0.15) is 0 Å². The van der Waals surface area contributed by atoms with Crippen LogP contribution in [0.25, 0.3) is 0 Å². The second-order valence-corrected chi connectivity index (χ2v) is 5.59. The summed E-state index contributed by atoms with van der Waals surface area (Å²) < 4.78 is 5.44. The van der Waals surface area contributed by atoms with Crippen molar-refractivity contribution >= 4 is 5.82 Å². The SMILES string of the molecule is CNCc1ccnc(N2CCC(N3CCOCC3)C2)c1. The summed E-state index contributed by atoms with van der Waals surface area (Å²) in [6.07, 6.45) is 3.15. The van der Waals surface area contributed by atoms with E-state index in [0.717, 1.165) is 51.8 Å². The predicted octanol–water partition coefficient (Wildman–Crippen LogP) is 0.712. The van der Waals surface area contributed by atoms with Crippen LogP contribution in [0.4, 0.5) is 5.82 Å². The molecule has 5 nitrogen and oxygen atoms in total. The molecule has 1 aromatic heterocycles. The maximum absolute atomic E-state index is 5.44. The number of rotatable bonds is 4. The fourth-order valence-corrected chi connectivity index (χ4v) is 3.14. The van der Waals surface area contributed by atoms with Gasteiger partial charge < -0.3 is 15.0 Å². The van der Waals surface area contributed by atoms with Crippen LogP contribution in [-0.4, -0.2) is 62.4 Å². The predicted molar refractivity (Wildman–Crippen MR) is 80.0 cm³/mol. The molecular weight excluding hydrogens is 252 g/mol. The average Bonchev–Trinajstić information content (AvgIpc) is 2.99. The molecule has 0 aromatic carbocycles. The van der Waals surface area contributed by atoms with Crippen molar-refractivity contribution in [3.63, 3.8) is 0 Å². The summed E-state index contributed by atoms with van der Waals surface area (Å²) in [6.45, 7) is 7.01. The average molecular weight is 276 g/mol. The van der Waals surface area contributed by atoms with E-state index in [0.29, 0.717) is 6.04 Å². The van der Waals surface area contributed by atoms with Crippen molar-refractivity contribution in [1.29, 1.82) is 0 Å². The van der Waals surface area contributed by atoms with Gasteiger partial charge in [-0.15, -0.1) is 0 Å². The molecule has 1 unspecified atom stereocenters. The van der Waals surface area contributed by atoms with Crippen molar-refractivity contribution in [1.82, 2.24) is 15.2 Å². The third kappa shape index (κ3) is 3.11. The molecule has 2 aliphatic rings. The van der Waals surface area contributed by atoms with Crippen molar-refractivity contribution in [2.45, 2.75) is 19.0 Å². The Morgan fingerprint density at radius 2 is 2.20 bits per heavy atom. The molecule has 3 heterocycles. The van der Waals surface area contributed by atoms with Crippen molar-refractivity contribution in [2.24, 2.45) is 0 Å². The minimum atomic E-state index is 0.661. The summed E-state index contributed by atoms with van der Waals surface area (Å²) in [5, 5.41) is 3.19. The molecular formula is C15H24N4O. The third-order valence-electron chi connectivity index (χ3n) is 4.24. The van der Waals surface area contributed by atoms with Gasteiger partial charge in [0.2, 0.25) is 0 Å². The minimum absolute atomic E-state index is 0.661. The number of hydrogen-bond donors (Lipinski definition) is 1. The van der Waals surface area contributed by atoms with E-state index in [1.807, 2.05) is 13.2 Å². The number of anilines is 1. The molecule has 2 fully saturated rings. The Kier molecular flexibility index (Phi) is 4.50. The second-order valence-electron chi connectivity index (χ2n) is 5.59. The number of pyridine rings is 1. The Balaban J connectivity index is 1.62. The maximum Gasteiger partial charge on any atom is 0.128 e. The van der Waals surface area contributed by atoms with Crippen LogP contribution in [0.3, 0.4) is 0 Å². The summed E-state index contributed by atoms with van der Waals surface area (Å²) in [5.74, 6) is 1.12. The molecule has 3 rings (SSSR count). The number of ether oxygens (including phenoxy) is 1. The zero-order valence-electron chi connectivity index (χ0n) is 12.2. The number of hydrogen-bond acceptors (Lipinski definition) is 5. The lowest BCUT2D eigenvalue weighted by molar-refractivity contribution is 0.0209. The minimum Gasteiger partial charge on any atom is -0.379 e. The molecule has 1 atom stereocenters. The van der Waals surface area contributed by atoms with Crippen LogP contribution >= 0.6 is 0 Å². The summed E-state index contributed by atoms with van der Waals surface area (Å²) in [7, 11) is 1.98. The number of morpholine rings is 1. The normalized spacial score (nSPS) is 24.2. The summed E-state index contributed by atoms with van der Waals surface area (Å²) in [5.41, 5.74) is 1.30. The molecule has 2 aliphatic heterocycles. The lowest BCUT2D eigenvalue weighted by Gasteiger charge is -2.32. The fourth-order valence-electron chi connectivity index (χ4n) is 3.14. The van der Waals surface area contributed by atoms with E-state index in [2.05, 4.69) is 32.2 Å². The van der Waals surface area contributed by atoms with E-state index in [1.54, 1.807) is 0 Å². The first-order chi connectivity index (χ1) is 9.86. The largest absolute Gasteiger partial charge is 0.379 e. The lowest BCUT2D eigenvalue weighted by atomic mass is 10.2. The fraction of sp³-hybridized carbons (Fsp3) is 0.667. The topological polar surface area (TPSA) is 40.6 Å². The Morgan fingerprint density at radius 3 is 3.00 bits per heavy atom. The van der Waals surface area contributed by atoms with Gasteiger partial charge >= 0.3 is 0 Å². The van der Waals surface area contributed by atoms with E-state index >= 15 is 0 Å². The Hall–Kier alpha value is -1.17. The van der Waals surface area contributed by atoms with Crippen LogP contribution in [0.2, 0.25) is 0 Å². The molecule has 20 heavy (non-hydrogen) atoms. The molecule has 0 amide bonds. The van der Waals surface area contributed by atoms with E-state index in [9.17, 15) is 0 Å². The van der Waals surface area contributed by atoms with Gasteiger partial charge in [0.15, 0.2) is 0 Å². The second kappa shape index (κ2) is 6.52.